The van der Waals surface area contributed by atoms with Gasteiger partial charge in [0.25, 0.3) is 0 Å². The second-order valence-corrected chi connectivity index (χ2v) is 8.74. The largest absolute Gasteiger partial charge is 0.344 e. The van der Waals surface area contributed by atoms with E-state index in [4.69, 9.17) is 0 Å². The highest BCUT2D eigenvalue weighted by Crippen LogP contribution is 2.26. The van der Waals surface area contributed by atoms with E-state index in [1.54, 1.807) is 11.3 Å². The van der Waals surface area contributed by atoms with Gasteiger partial charge in [-0.15, -0.1) is 21.5 Å². The summed E-state index contributed by atoms with van der Waals surface area (Å²) in [6.07, 6.45) is 0. The molecule has 2 heterocycles. The molecule has 0 unspecified atom stereocenters. The molecule has 0 saturated carbocycles. The van der Waals surface area contributed by atoms with Crippen LogP contribution in [0.5, 0.6) is 0 Å². The average Bonchev–Trinajstić information content (AvgIpc) is 3.43. The third kappa shape index (κ3) is 4.98. The number of carbonyl (C=O) groups excluding carboxylic acids is 1. The predicted octanol–water partition coefficient (Wildman–Crippen LogP) is 4.69. The number of aromatic nitrogens is 3. The van der Waals surface area contributed by atoms with Crippen molar-refractivity contribution >= 4 is 29.0 Å². The standard InChI is InChI=1S/C23H22N4OS2/c1-17-25-26-23(27(17)15-18-9-4-2-5-10-18)30-16-21(28)24-22(20-13-8-14-29-20)19-11-6-3-7-12-19/h2-14,22H,15-16H2,1H3,(H,24,28)/t22-/m0/s1. The molecule has 7 heteroatoms. The number of hydrogen-bond donors (Lipinski definition) is 1. The van der Waals surface area contributed by atoms with E-state index in [9.17, 15) is 4.79 Å². The molecular weight excluding hydrogens is 412 g/mol. The number of thiophene rings is 1. The molecule has 4 rings (SSSR count). The minimum atomic E-state index is -0.150. The van der Waals surface area contributed by atoms with Gasteiger partial charge in [-0.1, -0.05) is 78.5 Å². The summed E-state index contributed by atoms with van der Waals surface area (Å²) in [6, 6.07) is 24.1. The molecular formula is C23H22N4OS2. The number of aryl methyl sites for hydroxylation is 1. The Bertz CT molecular complexity index is 1080. The first-order chi connectivity index (χ1) is 14.7. The maximum absolute atomic E-state index is 12.8. The fourth-order valence-corrected chi connectivity index (χ4v) is 4.77. The Morgan fingerprint density at radius 2 is 1.77 bits per heavy atom. The zero-order valence-electron chi connectivity index (χ0n) is 16.6. The van der Waals surface area contributed by atoms with Gasteiger partial charge >= 0.3 is 0 Å². The van der Waals surface area contributed by atoms with Crippen LogP contribution in [0.25, 0.3) is 0 Å². The van der Waals surface area contributed by atoms with Gasteiger partial charge in [0.15, 0.2) is 5.16 Å². The maximum Gasteiger partial charge on any atom is 0.231 e. The average molecular weight is 435 g/mol. The van der Waals surface area contributed by atoms with Gasteiger partial charge in [0.2, 0.25) is 5.91 Å². The lowest BCUT2D eigenvalue weighted by Gasteiger charge is -2.18. The molecule has 0 radical (unpaired) electrons. The van der Waals surface area contributed by atoms with E-state index in [-0.39, 0.29) is 17.7 Å². The molecule has 0 aliphatic heterocycles. The van der Waals surface area contributed by atoms with Crippen molar-refractivity contribution in [2.75, 3.05) is 5.75 Å². The summed E-state index contributed by atoms with van der Waals surface area (Å²) in [5.41, 5.74) is 2.25. The summed E-state index contributed by atoms with van der Waals surface area (Å²) in [4.78, 5) is 13.9. The molecule has 30 heavy (non-hydrogen) atoms. The van der Waals surface area contributed by atoms with Crippen LogP contribution in [-0.2, 0) is 11.3 Å². The molecule has 0 bridgehead atoms. The number of nitrogens with one attached hydrogen (secondary N) is 1. The highest BCUT2D eigenvalue weighted by atomic mass is 32.2. The minimum Gasteiger partial charge on any atom is -0.344 e. The Morgan fingerprint density at radius 3 is 2.47 bits per heavy atom. The molecule has 0 aliphatic rings. The third-order valence-corrected chi connectivity index (χ3v) is 6.59. The van der Waals surface area contributed by atoms with E-state index in [1.165, 1.54) is 17.3 Å². The van der Waals surface area contributed by atoms with E-state index in [1.807, 2.05) is 71.5 Å². The molecule has 2 aromatic heterocycles. The summed E-state index contributed by atoms with van der Waals surface area (Å²) >= 11 is 3.05. The topological polar surface area (TPSA) is 59.8 Å². The lowest BCUT2D eigenvalue weighted by molar-refractivity contribution is -0.119. The second-order valence-electron chi connectivity index (χ2n) is 6.82. The Labute approximate surface area is 184 Å². The lowest BCUT2D eigenvalue weighted by atomic mass is 10.1. The molecule has 1 amide bonds. The summed E-state index contributed by atoms with van der Waals surface area (Å²) in [5.74, 6) is 1.08. The molecule has 1 N–H and O–H groups in total. The molecule has 152 valence electrons. The number of rotatable bonds is 8. The molecule has 2 aromatic carbocycles. The molecule has 4 aromatic rings. The van der Waals surface area contributed by atoms with Crippen molar-refractivity contribution in [3.05, 3.63) is 100 Å². The minimum absolute atomic E-state index is 0.0332. The van der Waals surface area contributed by atoms with E-state index in [0.29, 0.717) is 6.54 Å². The number of thioether (sulfide) groups is 1. The molecule has 0 aliphatic carbocycles. The van der Waals surface area contributed by atoms with Crippen LogP contribution in [0.4, 0.5) is 0 Å². The molecule has 0 saturated heterocycles. The van der Waals surface area contributed by atoms with E-state index >= 15 is 0 Å². The van der Waals surface area contributed by atoms with Gasteiger partial charge < -0.3 is 9.88 Å². The van der Waals surface area contributed by atoms with Crippen LogP contribution in [0.2, 0.25) is 0 Å². The van der Waals surface area contributed by atoms with Crippen molar-refractivity contribution in [2.45, 2.75) is 24.7 Å². The van der Waals surface area contributed by atoms with Gasteiger partial charge in [0.1, 0.15) is 5.82 Å². The van der Waals surface area contributed by atoms with Crippen molar-refractivity contribution in [1.82, 2.24) is 20.1 Å². The quantitative estimate of drug-likeness (QED) is 0.409. The van der Waals surface area contributed by atoms with Crippen molar-refractivity contribution in [2.24, 2.45) is 0 Å². The van der Waals surface area contributed by atoms with Crippen molar-refractivity contribution in [3.63, 3.8) is 0 Å². The Balaban J connectivity index is 1.43. The first-order valence-corrected chi connectivity index (χ1v) is 11.5. The van der Waals surface area contributed by atoms with Crippen molar-refractivity contribution < 1.29 is 4.79 Å². The Morgan fingerprint density at radius 1 is 1.03 bits per heavy atom. The van der Waals surface area contributed by atoms with Crippen LogP contribution < -0.4 is 5.32 Å². The highest BCUT2D eigenvalue weighted by molar-refractivity contribution is 7.99. The van der Waals surface area contributed by atoms with Gasteiger partial charge in [-0.2, -0.15) is 0 Å². The number of carbonyl (C=O) groups is 1. The zero-order valence-corrected chi connectivity index (χ0v) is 18.2. The smallest absolute Gasteiger partial charge is 0.231 e. The first kappa shape index (κ1) is 20.4. The van der Waals surface area contributed by atoms with Gasteiger partial charge in [-0.25, -0.2) is 0 Å². The Kier molecular flexibility index (Phi) is 6.61. The second kappa shape index (κ2) is 9.73. The summed E-state index contributed by atoms with van der Waals surface area (Å²) in [6.45, 7) is 2.62. The van der Waals surface area contributed by atoms with Gasteiger partial charge in [0, 0.05) is 4.88 Å². The van der Waals surface area contributed by atoms with Crippen LogP contribution in [0.1, 0.15) is 27.9 Å². The van der Waals surface area contributed by atoms with Crippen molar-refractivity contribution in [1.29, 1.82) is 0 Å². The van der Waals surface area contributed by atoms with Crippen LogP contribution in [0.3, 0.4) is 0 Å². The zero-order chi connectivity index (χ0) is 20.8. The first-order valence-electron chi connectivity index (χ1n) is 9.65. The van der Waals surface area contributed by atoms with E-state index in [0.717, 1.165) is 21.4 Å². The van der Waals surface area contributed by atoms with Crippen LogP contribution in [0.15, 0.2) is 83.3 Å². The molecule has 0 fully saturated rings. The molecule has 5 nitrogen and oxygen atoms in total. The number of amides is 1. The number of benzene rings is 2. The number of nitrogens with zero attached hydrogens (tertiary/aromatic N) is 3. The van der Waals surface area contributed by atoms with E-state index < -0.39 is 0 Å². The molecule has 0 spiro atoms. The predicted molar refractivity (Wildman–Crippen MR) is 122 cm³/mol. The van der Waals surface area contributed by atoms with Crippen LogP contribution >= 0.6 is 23.1 Å². The highest BCUT2D eigenvalue weighted by Gasteiger charge is 2.19. The maximum atomic E-state index is 12.8. The SMILES string of the molecule is Cc1nnc(SCC(=O)N[C@@H](c2ccccc2)c2cccs2)n1Cc1ccccc1. The van der Waals surface area contributed by atoms with Crippen molar-refractivity contribution in [3.8, 4) is 0 Å². The van der Waals surface area contributed by atoms with Gasteiger partial charge in [-0.3, -0.25) is 4.79 Å². The van der Waals surface area contributed by atoms with Gasteiger partial charge in [-0.05, 0) is 29.5 Å². The summed E-state index contributed by atoms with van der Waals surface area (Å²) < 4.78 is 2.04. The van der Waals surface area contributed by atoms with Crippen LogP contribution in [0, 0.1) is 6.92 Å². The fraction of sp³-hybridized carbons (Fsp3) is 0.174. The van der Waals surface area contributed by atoms with Gasteiger partial charge in [0.05, 0.1) is 18.3 Å². The third-order valence-electron chi connectivity index (χ3n) is 4.68. The monoisotopic (exact) mass is 434 g/mol. The Hall–Kier alpha value is -2.90. The number of hydrogen-bond acceptors (Lipinski definition) is 5. The summed E-state index contributed by atoms with van der Waals surface area (Å²) in [7, 11) is 0. The summed E-state index contributed by atoms with van der Waals surface area (Å²) in [5, 5.41) is 14.4. The molecule has 1 atom stereocenters. The van der Waals surface area contributed by atoms with E-state index in [2.05, 4.69) is 33.7 Å². The normalized spacial score (nSPS) is 11.9. The fourth-order valence-electron chi connectivity index (χ4n) is 3.17. The lowest BCUT2D eigenvalue weighted by Crippen LogP contribution is -2.30. The van der Waals surface area contributed by atoms with Crippen LogP contribution in [-0.4, -0.2) is 26.4 Å².